The summed E-state index contributed by atoms with van der Waals surface area (Å²) in [7, 11) is -1.34. The number of methoxy groups -OCH3 is 1. The number of rotatable bonds is 8. The molecule has 2 unspecified atom stereocenters. The van der Waals surface area contributed by atoms with E-state index < -0.39 is 8.07 Å². The number of hydrogen-bond donors (Lipinski definition) is 0. The van der Waals surface area contributed by atoms with Crippen molar-refractivity contribution in [2.75, 3.05) is 7.11 Å². The Kier molecular flexibility index (Phi) is 7.64. The van der Waals surface area contributed by atoms with Gasteiger partial charge < -0.3 is 4.74 Å². The molecule has 3 heteroatoms. The minimum Gasteiger partial charge on any atom is -0.497 e. The molecule has 2 aromatic carbocycles. The Balaban J connectivity index is 2.37. The van der Waals surface area contributed by atoms with Crippen molar-refractivity contribution in [1.29, 1.82) is 0 Å². The van der Waals surface area contributed by atoms with Crippen LogP contribution in [0.25, 0.3) is 0 Å². The number of benzene rings is 2. The Morgan fingerprint density at radius 1 is 1.13 bits per heavy atom. The summed E-state index contributed by atoms with van der Waals surface area (Å²) in [6, 6.07) is 18.0. The normalized spacial score (nSPS) is 18.5. The molecule has 0 spiro atoms. The van der Waals surface area contributed by atoms with E-state index in [0.717, 1.165) is 34.5 Å². The van der Waals surface area contributed by atoms with Crippen LogP contribution in [0.4, 0.5) is 0 Å². The van der Waals surface area contributed by atoms with Crippen LogP contribution in [-0.2, 0) is 0 Å². The van der Waals surface area contributed by atoms with E-state index in [2.05, 4.69) is 62.4 Å². The Morgan fingerprint density at radius 3 is 2.42 bits per heavy atom. The molecule has 0 aromatic heterocycles. The summed E-state index contributed by atoms with van der Waals surface area (Å²) < 4.78 is 5.33. The van der Waals surface area contributed by atoms with Gasteiger partial charge in [0, 0.05) is 5.56 Å². The number of carbonyl (C=O) groups is 1. The fourth-order valence-electron chi connectivity index (χ4n) is 4.38. The lowest BCUT2D eigenvalue weighted by Gasteiger charge is -2.35. The first kappa shape index (κ1) is 22.8. The van der Waals surface area contributed by atoms with Crippen molar-refractivity contribution < 1.29 is 9.53 Å². The van der Waals surface area contributed by atoms with E-state index in [1.807, 2.05) is 49.4 Å². The summed E-state index contributed by atoms with van der Waals surface area (Å²) >= 11 is 0. The smallest absolute Gasteiger partial charge is 0.229 e. The highest BCUT2D eigenvalue weighted by Gasteiger charge is 2.49. The highest BCUT2D eigenvalue weighted by Crippen LogP contribution is 2.34. The molecule has 2 aromatic rings. The second-order valence-electron chi connectivity index (χ2n) is 7.98. The maximum atomic E-state index is 14.5. The van der Waals surface area contributed by atoms with Crippen molar-refractivity contribution in [3.8, 4) is 5.75 Å². The van der Waals surface area contributed by atoms with Crippen LogP contribution < -0.4 is 9.92 Å². The van der Waals surface area contributed by atoms with Gasteiger partial charge >= 0.3 is 0 Å². The number of allylic oxidation sites excluding steroid dienone is 8. The molecule has 2 atom stereocenters. The van der Waals surface area contributed by atoms with Gasteiger partial charge in [-0.2, -0.15) is 0 Å². The van der Waals surface area contributed by atoms with Crippen LogP contribution in [0.5, 0.6) is 5.75 Å². The molecule has 0 aliphatic heterocycles. The Labute approximate surface area is 187 Å². The lowest BCUT2D eigenvalue weighted by molar-refractivity contribution is 0.107. The lowest BCUT2D eigenvalue weighted by Crippen LogP contribution is -2.59. The summed E-state index contributed by atoms with van der Waals surface area (Å²) in [4.78, 5) is 14.5. The van der Waals surface area contributed by atoms with Gasteiger partial charge in [0.15, 0.2) is 5.41 Å². The molecule has 0 radical (unpaired) electrons. The largest absolute Gasteiger partial charge is 0.497 e. The van der Waals surface area contributed by atoms with Gasteiger partial charge in [0.1, 0.15) is 5.75 Å². The third-order valence-electron chi connectivity index (χ3n) is 5.81. The average molecular weight is 429 g/mol. The molecule has 0 N–H and O–H groups in total. The molecule has 0 saturated heterocycles. The molecular formula is C28H32O2Si. The van der Waals surface area contributed by atoms with Gasteiger partial charge in [-0.1, -0.05) is 80.6 Å². The molecular weight excluding hydrogens is 396 g/mol. The second-order valence-corrected chi connectivity index (χ2v) is 11.7. The third-order valence-corrected chi connectivity index (χ3v) is 10.4. The standard InChI is InChI=1S/C28H32O2Si/c1-5-11-25(12-6-2)31(26-14-8-7-9-15-26,27-16-10-13-22(3)21-27)28(29)23-17-19-24(30-4)20-18-23/h5,7-12,14-22H,6,13H2,1-4H3/b11-5-,25-12+. The number of ether oxygens (including phenoxy) is 1. The van der Waals surface area contributed by atoms with E-state index in [1.54, 1.807) is 7.11 Å². The predicted octanol–water partition coefficient (Wildman–Crippen LogP) is 6.29. The molecule has 3 rings (SSSR count). The van der Waals surface area contributed by atoms with E-state index in [0.29, 0.717) is 5.92 Å². The quantitative estimate of drug-likeness (QED) is 0.365. The summed E-state index contributed by atoms with van der Waals surface area (Å²) in [5.41, 5.74) is 0.732. The van der Waals surface area contributed by atoms with Gasteiger partial charge in [-0.15, -0.1) is 0 Å². The third kappa shape index (κ3) is 4.57. The fourth-order valence-corrected chi connectivity index (χ4v) is 9.28. The van der Waals surface area contributed by atoms with Crippen LogP contribution in [0.2, 0.25) is 0 Å². The van der Waals surface area contributed by atoms with Crippen molar-refractivity contribution in [2.45, 2.75) is 33.6 Å². The van der Waals surface area contributed by atoms with E-state index in [9.17, 15) is 4.79 Å². The van der Waals surface area contributed by atoms with Gasteiger partial charge in [0.25, 0.3) is 0 Å². The number of hydrogen-bond acceptors (Lipinski definition) is 2. The average Bonchev–Trinajstić information content (AvgIpc) is 2.80. The zero-order valence-corrected chi connectivity index (χ0v) is 20.0. The number of carbonyl (C=O) groups excluding carboxylic acids is 1. The summed E-state index contributed by atoms with van der Waals surface area (Å²) in [6.07, 6.45) is 15.1. The Bertz CT molecular complexity index is 1010. The lowest BCUT2D eigenvalue weighted by atomic mass is 10.0. The van der Waals surface area contributed by atoms with Gasteiger partial charge in [0.05, 0.1) is 7.11 Å². The highest BCUT2D eigenvalue weighted by atomic mass is 28.3. The van der Waals surface area contributed by atoms with Crippen LogP contribution in [0, 0.1) is 5.92 Å². The summed E-state index contributed by atoms with van der Waals surface area (Å²) in [6.45, 7) is 6.39. The minimum atomic E-state index is -2.99. The maximum Gasteiger partial charge on any atom is 0.229 e. The monoisotopic (exact) mass is 428 g/mol. The molecule has 2 nitrogen and oxygen atoms in total. The van der Waals surface area contributed by atoms with E-state index >= 15 is 0 Å². The van der Waals surface area contributed by atoms with Crippen LogP contribution in [0.3, 0.4) is 0 Å². The van der Waals surface area contributed by atoms with Gasteiger partial charge in [0.2, 0.25) is 8.07 Å². The fraction of sp³-hybridized carbons (Fsp3) is 0.250. The molecule has 0 bridgehead atoms. The van der Waals surface area contributed by atoms with Crippen molar-refractivity contribution in [1.82, 2.24) is 0 Å². The first-order valence-corrected chi connectivity index (χ1v) is 13.0. The topological polar surface area (TPSA) is 26.3 Å². The zero-order chi connectivity index (χ0) is 22.3. The van der Waals surface area contributed by atoms with Crippen molar-refractivity contribution in [3.63, 3.8) is 0 Å². The SMILES string of the molecule is C/C=C\C(=C/CC)[Si](C(=O)c1ccc(OC)cc1)(C1=CC(C)CC=C1)c1ccccc1. The second kappa shape index (κ2) is 10.4. The van der Waals surface area contributed by atoms with Crippen molar-refractivity contribution in [2.24, 2.45) is 5.92 Å². The van der Waals surface area contributed by atoms with Crippen LogP contribution in [0.1, 0.15) is 44.0 Å². The van der Waals surface area contributed by atoms with Crippen molar-refractivity contribution in [3.05, 3.63) is 107 Å². The van der Waals surface area contributed by atoms with E-state index in [1.165, 1.54) is 5.20 Å². The summed E-state index contributed by atoms with van der Waals surface area (Å²) in [5, 5.41) is 3.66. The molecule has 0 saturated carbocycles. The highest BCUT2D eigenvalue weighted by molar-refractivity contribution is 7.25. The minimum absolute atomic E-state index is 0.212. The van der Waals surface area contributed by atoms with E-state index in [-0.39, 0.29) is 5.41 Å². The molecule has 1 aliphatic carbocycles. The molecule has 31 heavy (non-hydrogen) atoms. The summed E-state index contributed by atoms with van der Waals surface area (Å²) in [5.74, 6) is 1.17. The van der Waals surface area contributed by atoms with Crippen LogP contribution >= 0.6 is 0 Å². The maximum absolute atomic E-state index is 14.5. The predicted molar refractivity (Wildman–Crippen MR) is 133 cm³/mol. The Hall–Kier alpha value is -2.91. The van der Waals surface area contributed by atoms with Crippen molar-refractivity contribution >= 4 is 18.7 Å². The molecule has 0 heterocycles. The van der Waals surface area contributed by atoms with Gasteiger partial charge in [-0.25, -0.2) is 0 Å². The van der Waals surface area contributed by atoms with Crippen LogP contribution in [-0.4, -0.2) is 20.6 Å². The molecule has 1 aliphatic rings. The zero-order valence-electron chi connectivity index (χ0n) is 19.0. The first-order valence-electron chi connectivity index (χ1n) is 11.0. The first-order chi connectivity index (χ1) is 15.1. The molecule has 0 fully saturated rings. The van der Waals surface area contributed by atoms with Gasteiger partial charge in [-0.05, 0) is 65.5 Å². The van der Waals surface area contributed by atoms with E-state index in [4.69, 9.17) is 4.74 Å². The van der Waals surface area contributed by atoms with Crippen LogP contribution in [0.15, 0.2) is 101 Å². The molecule has 160 valence electrons. The van der Waals surface area contributed by atoms with Gasteiger partial charge in [-0.3, -0.25) is 4.79 Å². The Morgan fingerprint density at radius 2 is 1.84 bits per heavy atom. The molecule has 0 amide bonds.